The van der Waals surface area contributed by atoms with Crippen molar-refractivity contribution in [3.05, 3.63) is 0 Å². The summed E-state index contributed by atoms with van der Waals surface area (Å²) >= 11 is 0. The van der Waals surface area contributed by atoms with Crippen LogP contribution in [0, 0.1) is 40.4 Å². The van der Waals surface area contributed by atoms with Gasteiger partial charge in [0.15, 0.2) is 0 Å². The second-order valence-electron chi connectivity index (χ2n) is 0.816. The van der Waals surface area contributed by atoms with Gasteiger partial charge in [-0.3, -0.25) is 0 Å². The third-order valence-electron chi connectivity index (χ3n) is 0. The van der Waals surface area contributed by atoms with Crippen molar-refractivity contribution in [2.24, 2.45) is 0 Å². The first-order valence-corrected chi connectivity index (χ1v) is 2.02. The van der Waals surface area contributed by atoms with Gasteiger partial charge in [0.1, 0.15) is 0 Å². The van der Waals surface area contributed by atoms with Crippen molar-refractivity contribution in [3.63, 3.8) is 0 Å². The first kappa shape index (κ1) is 15.7. The SMILES string of the molecule is CCO.CNC.[Sm]. The van der Waals surface area contributed by atoms with Crippen LogP contribution in [0.3, 0.4) is 0 Å². The zero-order valence-electron chi connectivity index (χ0n) is 5.06. The minimum Gasteiger partial charge on any atom is -0.397 e. The maximum absolute atomic E-state index is 7.57. The standard InChI is InChI=1S/C2H7N.C2H6O.Sm/c1-3-2;1-2-3;/h3H,1-2H3;3H,2H2,1H3;. The van der Waals surface area contributed by atoms with Gasteiger partial charge in [0.05, 0.1) is 0 Å². The Morgan fingerprint density at radius 3 is 1.43 bits per heavy atom. The van der Waals surface area contributed by atoms with Crippen LogP contribution >= 0.6 is 0 Å². The number of aliphatic hydroxyl groups is 1. The summed E-state index contributed by atoms with van der Waals surface area (Å²) in [4.78, 5) is 0. The van der Waals surface area contributed by atoms with E-state index in [0.29, 0.717) is 0 Å². The average Bonchev–Trinajstić information content (AvgIpc) is 1.39. The van der Waals surface area contributed by atoms with Gasteiger partial charge >= 0.3 is 0 Å². The molecule has 0 aliphatic rings. The third kappa shape index (κ3) is 127. The van der Waals surface area contributed by atoms with Gasteiger partial charge in [-0.15, -0.1) is 0 Å². The van der Waals surface area contributed by atoms with Crippen LogP contribution in [0.4, 0.5) is 0 Å². The molecule has 2 N–H and O–H groups in total. The van der Waals surface area contributed by atoms with Gasteiger partial charge in [0, 0.05) is 47.0 Å². The Balaban J connectivity index is -0.0000000400. The summed E-state index contributed by atoms with van der Waals surface area (Å²) in [6.45, 7) is 1.93. The second kappa shape index (κ2) is 26.8. The average molecular weight is 242 g/mol. The van der Waals surface area contributed by atoms with Gasteiger partial charge in [-0.1, -0.05) is 0 Å². The van der Waals surface area contributed by atoms with E-state index >= 15 is 0 Å². The molecule has 0 fully saturated rings. The summed E-state index contributed by atoms with van der Waals surface area (Å²) in [6.07, 6.45) is 0. The molecule has 0 aliphatic carbocycles. The summed E-state index contributed by atoms with van der Waals surface area (Å²) in [5, 5.41) is 10.3. The summed E-state index contributed by atoms with van der Waals surface area (Å²) in [7, 11) is 3.75. The first-order valence-electron chi connectivity index (χ1n) is 2.02. The Kier molecular flexibility index (Phi) is 60.2. The molecule has 0 saturated carbocycles. The van der Waals surface area contributed by atoms with Crippen LogP contribution in [-0.4, -0.2) is 25.8 Å². The van der Waals surface area contributed by atoms with Gasteiger partial charge in [-0.25, -0.2) is 0 Å². The van der Waals surface area contributed by atoms with Crippen LogP contribution in [-0.2, 0) is 0 Å². The summed E-state index contributed by atoms with van der Waals surface area (Å²) in [5.74, 6) is 0. The molecule has 0 aliphatic heterocycles. The molecule has 7 heavy (non-hydrogen) atoms. The molecule has 0 atom stereocenters. The molecule has 0 unspecified atom stereocenters. The Labute approximate surface area is 77.8 Å². The van der Waals surface area contributed by atoms with E-state index in [1.54, 1.807) is 6.92 Å². The maximum Gasteiger partial charge on any atom is 0.0402 e. The monoisotopic (exact) mass is 243 g/mol. The molecule has 46 valence electrons. The summed E-state index contributed by atoms with van der Waals surface area (Å²) in [5.41, 5.74) is 0. The molecular formula is C4H13NOSm. The molecule has 0 rings (SSSR count). The smallest absolute Gasteiger partial charge is 0.0402 e. The predicted octanol–water partition coefficient (Wildman–Crippen LogP) is -0.166. The molecule has 0 heterocycles. The second-order valence-corrected chi connectivity index (χ2v) is 0.816. The maximum atomic E-state index is 7.57. The molecular weight excluding hydrogens is 228 g/mol. The third-order valence-corrected chi connectivity index (χ3v) is 0. The van der Waals surface area contributed by atoms with Gasteiger partial charge in [-0.05, 0) is 21.0 Å². The molecule has 0 aromatic rings. The zero-order valence-corrected chi connectivity index (χ0v) is 7.68. The van der Waals surface area contributed by atoms with Crippen molar-refractivity contribution < 1.29 is 45.5 Å². The van der Waals surface area contributed by atoms with Crippen molar-refractivity contribution in [3.8, 4) is 0 Å². The van der Waals surface area contributed by atoms with E-state index < -0.39 is 0 Å². The van der Waals surface area contributed by atoms with Gasteiger partial charge < -0.3 is 10.4 Å². The van der Waals surface area contributed by atoms with Gasteiger partial charge in [0.25, 0.3) is 0 Å². The van der Waals surface area contributed by atoms with Crippen molar-refractivity contribution in [1.82, 2.24) is 5.32 Å². The van der Waals surface area contributed by atoms with Crippen molar-refractivity contribution in [2.45, 2.75) is 6.92 Å². The minimum absolute atomic E-state index is 0. The van der Waals surface area contributed by atoms with E-state index in [9.17, 15) is 0 Å². The number of nitrogens with one attached hydrogen (secondary N) is 1. The quantitative estimate of drug-likeness (QED) is 0.617. The molecule has 0 amide bonds. The fourth-order valence-corrected chi connectivity index (χ4v) is 0. The number of rotatable bonds is 0. The number of hydrogen-bond donors (Lipinski definition) is 2. The zero-order chi connectivity index (χ0) is 5.41. The Bertz CT molecular complexity index is 13.7. The van der Waals surface area contributed by atoms with Crippen molar-refractivity contribution in [2.75, 3.05) is 20.7 Å². The molecule has 0 spiro atoms. The molecule has 3 heteroatoms. The van der Waals surface area contributed by atoms with E-state index in [4.69, 9.17) is 5.11 Å². The van der Waals surface area contributed by atoms with Crippen LogP contribution < -0.4 is 5.32 Å². The normalized spacial score (nSPS) is 5.14. The van der Waals surface area contributed by atoms with E-state index in [1.165, 1.54) is 0 Å². The molecule has 0 aromatic heterocycles. The minimum atomic E-state index is 0. The van der Waals surface area contributed by atoms with E-state index in [2.05, 4.69) is 5.32 Å². The molecule has 2 nitrogen and oxygen atoms in total. The van der Waals surface area contributed by atoms with Crippen molar-refractivity contribution >= 4 is 0 Å². The van der Waals surface area contributed by atoms with Crippen LogP contribution in [0.1, 0.15) is 6.92 Å². The van der Waals surface area contributed by atoms with Crippen molar-refractivity contribution in [1.29, 1.82) is 0 Å². The van der Waals surface area contributed by atoms with Crippen LogP contribution in [0.25, 0.3) is 0 Å². The number of hydrogen-bond acceptors (Lipinski definition) is 2. The summed E-state index contributed by atoms with van der Waals surface area (Å²) in [6, 6.07) is 0. The van der Waals surface area contributed by atoms with E-state index in [1.807, 2.05) is 14.1 Å². The molecule has 0 bridgehead atoms. The topological polar surface area (TPSA) is 32.3 Å². The first-order chi connectivity index (χ1) is 2.83. The predicted molar refractivity (Wildman–Crippen MR) is 27.7 cm³/mol. The van der Waals surface area contributed by atoms with Crippen LogP contribution in [0.2, 0.25) is 0 Å². The Morgan fingerprint density at radius 2 is 1.43 bits per heavy atom. The van der Waals surface area contributed by atoms with Gasteiger partial charge in [-0.2, -0.15) is 0 Å². The fraction of sp³-hybridized carbons (Fsp3) is 1.00. The summed E-state index contributed by atoms with van der Waals surface area (Å²) < 4.78 is 0. The molecule has 0 aromatic carbocycles. The molecule has 0 saturated heterocycles. The number of aliphatic hydroxyl groups excluding tert-OH is 1. The van der Waals surface area contributed by atoms with E-state index in [-0.39, 0.29) is 47.0 Å². The Hall–Kier alpha value is 1.26. The molecule has 0 radical (unpaired) electrons. The van der Waals surface area contributed by atoms with Gasteiger partial charge in [0.2, 0.25) is 0 Å². The fourth-order valence-electron chi connectivity index (χ4n) is 0. The largest absolute Gasteiger partial charge is 0.397 e. The van der Waals surface area contributed by atoms with E-state index in [0.717, 1.165) is 0 Å². The van der Waals surface area contributed by atoms with Crippen LogP contribution in [0.15, 0.2) is 0 Å². The van der Waals surface area contributed by atoms with Crippen LogP contribution in [0.5, 0.6) is 0 Å². The Morgan fingerprint density at radius 1 is 1.43 bits per heavy atom.